The molecule has 120 valence electrons. The molecule has 0 heterocycles. The lowest BCUT2D eigenvalue weighted by Gasteiger charge is -2.29. The van der Waals surface area contributed by atoms with Crippen molar-refractivity contribution in [2.45, 2.75) is 31.5 Å². The van der Waals surface area contributed by atoms with Crippen molar-refractivity contribution in [2.75, 3.05) is 0 Å². The highest BCUT2D eigenvalue weighted by Gasteiger charge is 2.26. The van der Waals surface area contributed by atoms with Gasteiger partial charge >= 0.3 is 0 Å². The summed E-state index contributed by atoms with van der Waals surface area (Å²) in [5.41, 5.74) is 24.6. The lowest BCUT2D eigenvalue weighted by molar-refractivity contribution is -0.106. The van der Waals surface area contributed by atoms with Crippen LogP contribution < -0.4 is 22.9 Å². The average Bonchev–Trinajstić information content (AvgIpc) is 2.44. The Kier molecular flexibility index (Phi) is 6.51. The second kappa shape index (κ2) is 7.70. The van der Waals surface area contributed by atoms with Crippen molar-refractivity contribution in [1.29, 1.82) is 0 Å². The fourth-order valence-corrected chi connectivity index (χ4v) is 2.42. The Balaban J connectivity index is 2.82. The highest BCUT2D eigenvalue weighted by Crippen LogP contribution is 2.25. The number of halogens is 1. The van der Waals surface area contributed by atoms with Crippen molar-refractivity contribution in [3.05, 3.63) is 47.5 Å². The van der Waals surface area contributed by atoms with Crippen molar-refractivity contribution in [2.24, 2.45) is 27.9 Å². The first-order valence-electron chi connectivity index (χ1n) is 6.71. The van der Waals surface area contributed by atoms with E-state index in [1.165, 1.54) is 0 Å². The van der Waals surface area contributed by atoms with Crippen LogP contribution in [0, 0.1) is 0 Å². The Morgan fingerprint density at radius 1 is 1.36 bits per heavy atom. The molecule has 6 nitrogen and oxygen atoms in total. The molecule has 7 heteroatoms. The van der Waals surface area contributed by atoms with Gasteiger partial charge in [-0.25, -0.2) is 4.99 Å². The third kappa shape index (κ3) is 5.39. The first-order chi connectivity index (χ1) is 10.1. The summed E-state index contributed by atoms with van der Waals surface area (Å²) >= 11 is 1.68. The molecule has 0 aliphatic heterocycles. The zero-order chi connectivity index (χ0) is 16.9. The molecule has 1 rings (SSSR count). The standard InChI is InChI=1S/C15H22IN5O/c1-9(13(16)22)12(17)7-15(2,20)11-5-3-10(4-6-11)8-21-14(18)19/h3-6,12H,1,7-8,17,20H2,2H3,(H4,18,19,21)/t12-,15?/m0/s1. The van der Waals surface area contributed by atoms with E-state index in [1.54, 1.807) is 22.6 Å². The molecule has 22 heavy (non-hydrogen) atoms. The van der Waals surface area contributed by atoms with Crippen molar-refractivity contribution in [3.63, 3.8) is 0 Å². The van der Waals surface area contributed by atoms with Crippen LogP contribution in [0.5, 0.6) is 0 Å². The summed E-state index contributed by atoms with van der Waals surface area (Å²) in [5.74, 6) is 0.0562. The number of benzene rings is 1. The first kappa shape index (κ1) is 18.6. The third-order valence-electron chi connectivity index (χ3n) is 3.40. The van der Waals surface area contributed by atoms with Gasteiger partial charge in [-0.3, -0.25) is 4.79 Å². The third-order valence-corrected chi connectivity index (χ3v) is 4.09. The number of aliphatic imine (C=N–C) groups is 1. The fraction of sp³-hybridized carbons (Fsp3) is 0.333. The quantitative estimate of drug-likeness (QED) is 0.172. The highest BCUT2D eigenvalue weighted by atomic mass is 127. The van der Waals surface area contributed by atoms with Crippen LogP contribution in [0.1, 0.15) is 24.5 Å². The van der Waals surface area contributed by atoms with Crippen LogP contribution in [0.15, 0.2) is 41.4 Å². The van der Waals surface area contributed by atoms with Gasteiger partial charge in [-0.1, -0.05) is 30.8 Å². The number of nitrogens with two attached hydrogens (primary N) is 4. The van der Waals surface area contributed by atoms with Crippen molar-refractivity contribution in [3.8, 4) is 0 Å². The largest absolute Gasteiger partial charge is 0.370 e. The summed E-state index contributed by atoms with van der Waals surface area (Å²) in [7, 11) is 0. The Labute approximate surface area is 144 Å². The van der Waals surface area contributed by atoms with Crippen LogP contribution in [0.3, 0.4) is 0 Å². The van der Waals surface area contributed by atoms with Gasteiger partial charge in [-0.15, -0.1) is 0 Å². The van der Waals surface area contributed by atoms with Crippen molar-refractivity contribution < 1.29 is 4.79 Å². The van der Waals surface area contributed by atoms with Crippen molar-refractivity contribution >= 4 is 32.3 Å². The summed E-state index contributed by atoms with van der Waals surface area (Å²) in [4.78, 5) is 15.3. The second-order valence-corrected chi connectivity index (χ2v) is 6.44. The van der Waals surface area contributed by atoms with E-state index in [-0.39, 0.29) is 9.75 Å². The zero-order valence-corrected chi connectivity index (χ0v) is 14.7. The highest BCUT2D eigenvalue weighted by molar-refractivity contribution is 14.1. The molecule has 8 N–H and O–H groups in total. The molecule has 1 aromatic carbocycles. The minimum atomic E-state index is -0.664. The van der Waals surface area contributed by atoms with E-state index in [1.807, 2.05) is 31.2 Å². The number of nitrogens with zero attached hydrogens (tertiary/aromatic N) is 1. The average molecular weight is 415 g/mol. The molecule has 0 aliphatic rings. The van der Waals surface area contributed by atoms with Gasteiger partial charge in [-0.05, 0) is 24.5 Å². The molecule has 0 saturated carbocycles. The molecule has 0 amide bonds. The smallest absolute Gasteiger partial charge is 0.219 e. The Hall–Kier alpha value is -1.45. The van der Waals surface area contributed by atoms with Crippen LogP contribution in [-0.2, 0) is 16.9 Å². The van der Waals surface area contributed by atoms with Crippen LogP contribution in [0.4, 0.5) is 0 Å². The molecule has 0 aliphatic carbocycles. The van der Waals surface area contributed by atoms with Crippen LogP contribution >= 0.6 is 22.6 Å². The molecule has 0 radical (unpaired) electrons. The minimum absolute atomic E-state index is 0.0562. The molecule has 0 aromatic heterocycles. The Morgan fingerprint density at radius 3 is 2.36 bits per heavy atom. The monoisotopic (exact) mass is 415 g/mol. The Bertz CT molecular complexity index is 576. The lowest BCUT2D eigenvalue weighted by Crippen LogP contribution is -2.41. The molecule has 0 saturated heterocycles. The molecular weight excluding hydrogens is 393 g/mol. The number of hydrogen-bond acceptors (Lipinski definition) is 4. The minimum Gasteiger partial charge on any atom is -0.370 e. The predicted octanol–water partition coefficient (Wildman–Crippen LogP) is 0.869. The van der Waals surface area contributed by atoms with Gasteiger partial charge in [0, 0.05) is 39.7 Å². The van der Waals surface area contributed by atoms with Gasteiger partial charge in [0.25, 0.3) is 0 Å². The van der Waals surface area contributed by atoms with E-state index < -0.39 is 11.6 Å². The van der Waals surface area contributed by atoms with Gasteiger partial charge in [0.05, 0.1) is 6.54 Å². The normalized spacial score (nSPS) is 14.7. The SMILES string of the molecule is C=C(C(=O)I)[C@@H](N)CC(C)(N)c1ccc(CN=C(N)N)cc1. The van der Waals surface area contributed by atoms with E-state index in [4.69, 9.17) is 22.9 Å². The van der Waals surface area contributed by atoms with Gasteiger partial charge in [-0.2, -0.15) is 0 Å². The maximum absolute atomic E-state index is 11.3. The van der Waals surface area contributed by atoms with Crippen LogP contribution in [-0.4, -0.2) is 15.8 Å². The number of guanidine groups is 1. The van der Waals surface area contributed by atoms with Gasteiger partial charge in [0.2, 0.25) is 3.79 Å². The van der Waals surface area contributed by atoms with Crippen LogP contribution in [0.25, 0.3) is 0 Å². The summed E-state index contributed by atoms with van der Waals surface area (Å²) < 4.78 is -0.145. The van der Waals surface area contributed by atoms with E-state index in [0.717, 1.165) is 11.1 Å². The number of rotatable bonds is 7. The summed E-state index contributed by atoms with van der Waals surface area (Å²) in [6.07, 6.45) is 0.424. The topological polar surface area (TPSA) is 134 Å². The summed E-state index contributed by atoms with van der Waals surface area (Å²) in [6, 6.07) is 7.19. The molecule has 0 bridgehead atoms. The number of hydrogen-bond donors (Lipinski definition) is 4. The molecule has 0 fully saturated rings. The molecule has 2 atom stereocenters. The van der Waals surface area contributed by atoms with E-state index >= 15 is 0 Å². The molecular formula is C15H22IN5O. The van der Waals surface area contributed by atoms with Gasteiger partial charge in [0.15, 0.2) is 5.96 Å². The molecule has 1 unspecified atom stereocenters. The maximum Gasteiger partial charge on any atom is 0.219 e. The molecule has 0 spiro atoms. The lowest BCUT2D eigenvalue weighted by atomic mass is 9.85. The van der Waals surface area contributed by atoms with E-state index in [2.05, 4.69) is 11.6 Å². The Morgan fingerprint density at radius 2 is 1.91 bits per heavy atom. The first-order valence-corrected chi connectivity index (χ1v) is 7.79. The maximum atomic E-state index is 11.3. The second-order valence-electron chi connectivity index (χ2n) is 5.47. The van der Waals surface area contributed by atoms with E-state index in [9.17, 15) is 4.79 Å². The number of carbonyl (C=O) groups excluding carboxylic acids is 1. The van der Waals surface area contributed by atoms with Crippen molar-refractivity contribution in [1.82, 2.24) is 0 Å². The fourth-order valence-electron chi connectivity index (χ4n) is 2.02. The van der Waals surface area contributed by atoms with Gasteiger partial charge in [0.1, 0.15) is 0 Å². The van der Waals surface area contributed by atoms with Crippen LogP contribution in [0.2, 0.25) is 0 Å². The van der Waals surface area contributed by atoms with E-state index in [0.29, 0.717) is 18.5 Å². The van der Waals surface area contributed by atoms with Gasteiger partial charge < -0.3 is 22.9 Å². The zero-order valence-electron chi connectivity index (χ0n) is 12.6. The summed E-state index contributed by atoms with van der Waals surface area (Å²) in [5, 5.41) is 0. The number of carbonyl (C=O) groups is 1. The summed E-state index contributed by atoms with van der Waals surface area (Å²) in [6.45, 7) is 6.01. The molecule has 1 aromatic rings. The predicted molar refractivity (Wildman–Crippen MR) is 98.3 cm³/mol.